The number of aromatic nitrogens is 4. The van der Waals surface area contributed by atoms with Crippen LogP contribution in [0, 0.1) is 10.7 Å². The molecule has 0 radical (unpaired) electrons. The quantitative estimate of drug-likeness (QED) is 0.0224. The molecule has 668 valence electrons. The average Bonchev–Trinajstić information content (AvgIpc) is 1.66. The highest BCUT2D eigenvalue weighted by Gasteiger charge is 2.49. The molecule has 6 N–H and O–H groups in total. The van der Waals surface area contributed by atoms with Crippen molar-refractivity contribution in [2.75, 3.05) is 26.2 Å². The number of halogens is 3. The lowest BCUT2D eigenvalue weighted by atomic mass is 9.49. The minimum atomic E-state index is -0.960. The Kier molecular flexibility index (Phi) is 49.2. The zero-order chi connectivity index (χ0) is 82.7. The number of hydrogen-bond acceptors (Lipinski definition) is 21. The summed E-state index contributed by atoms with van der Waals surface area (Å²) < 4.78 is 47.5. The number of ether oxygens (including phenoxy) is 4. The molecule has 119 heavy (non-hydrogen) atoms. The number of nitrogen functional groups attached to an aromatic ring is 1. The normalized spacial score (nSPS) is 17.1. The molecule has 0 spiro atoms. The lowest BCUT2D eigenvalue weighted by molar-refractivity contribution is -0.142. The largest absolute Gasteiger partial charge is 0.480 e. The van der Waals surface area contributed by atoms with Crippen molar-refractivity contribution in [1.29, 1.82) is 0 Å². The van der Waals surface area contributed by atoms with Gasteiger partial charge in [0, 0.05) is 59.1 Å². The molecule has 6 aromatic rings. The van der Waals surface area contributed by atoms with E-state index >= 15 is 0 Å². The van der Waals surface area contributed by atoms with Gasteiger partial charge in [-0.2, -0.15) is 0 Å². The molecule has 11 rings (SSSR count). The zero-order valence-electron chi connectivity index (χ0n) is 67.0. The number of rotatable bonds is 9. The van der Waals surface area contributed by atoms with E-state index in [2.05, 4.69) is 158 Å². The number of hydrogen-bond donors (Lipinski definition) is 5. The first-order valence-electron chi connectivity index (χ1n) is 36.9. The number of nitrogens with zero attached hydrogens (tertiary/aromatic N) is 8. The van der Waals surface area contributed by atoms with Crippen LogP contribution in [0.4, 0.5) is 19.2 Å². The van der Waals surface area contributed by atoms with Crippen LogP contribution in [0.5, 0.6) is 0 Å². The highest BCUT2D eigenvalue weighted by Crippen LogP contribution is 2.38. The number of amides is 7. The van der Waals surface area contributed by atoms with Gasteiger partial charge in [0.05, 0.1) is 11.2 Å². The van der Waals surface area contributed by atoms with Crippen molar-refractivity contribution in [1.82, 2.24) is 56.3 Å². The summed E-state index contributed by atoms with van der Waals surface area (Å²) in [7, 11) is -0.0648. The van der Waals surface area contributed by atoms with Gasteiger partial charge in [-0.1, -0.05) is 103 Å². The SMILES string of the molecule is C.C.C.C.C.C.C.C.CB(C)c1ccc(-c2nnc([C@H]3CCCN3C(=O)OC(C)(C)C)o2)cc1.CB1OC(C)(C)C(C)(C)O1.CC(C)(C)OC(=O)N1CCC[C@@H]1c1nnc(-c2ccc(I)cc2)o1.CC(C)(C)OC(=O)N1CCC[C@H]1C(=O)NNC(=O)c1ccc(I)cc1.CC(C)(C)OC(=O)N1CCC[C@H]1C(=O)O.NNC(=O)c1ccc(I)cc1. The van der Waals surface area contributed by atoms with Crippen LogP contribution in [0.3, 0.4) is 0 Å². The molecular weight excluding hydrogens is 1860 g/mol. The summed E-state index contributed by atoms with van der Waals surface area (Å²) in [6, 6.07) is 28.3. The van der Waals surface area contributed by atoms with E-state index in [1.807, 2.05) is 96.9 Å². The second-order valence-electron chi connectivity index (χ2n) is 32.1. The molecule has 5 aliphatic heterocycles. The van der Waals surface area contributed by atoms with Gasteiger partial charge in [0.25, 0.3) is 17.7 Å². The monoisotopic (exact) mass is 2000 g/mol. The maximum Gasteiger partial charge on any atom is 0.454 e. The lowest BCUT2D eigenvalue weighted by Crippen LogP contribution is -2.52. The van der Waals surface area contributed by atoms with Crippen LogP contribution in [0.15, 0.2) is 106 Å². The predicted octanol–water partition coefficient (Wildman–Crippen LogP) is 19.8. The van der Waals surface area contributed by atoms with Gasteiger partial charge in [0.2, 0.25) is 23.6 Å². The standard InChI is InChI=1S/C19H26BN3O3.C17H22IN3O4.C17H20IN3O3.C10H17NO4.C7H15BO2.C7H7IN2O.8CH4/c1-19(2,3)26-18(24)23-12-6-7-15(23)17-22-21-16(25-17)13-8-10-14(11-9-13)20(4)5;1-17(2,3)25-16(24)21-10-4-5-13(21)15(23)20-19-14(22)11-6-8-12(18)9-7-11;1-17(2,3)24-16(22)21-10-4-5-13(21)15-20-19-14(23-15)11-6-8-12(18)9-7-11;1-10(2,3)15-9(14)11-6-4-5-7(11)8(12)13;1-6(2)7(3,4)10-8(5)9-6;8-6-3-1-5(2-4-6)7(11)10-9;;;;;;;;/h8-11,15H,6-7,12H2,1-5H3;6-9,13H,4-5,10H2,1-3H3,(H,19,22)(H,20,23);6-9,13H,4-5,10H2,1-3H3;7H,4-6H2,1-3H3,(H,12,13);1-5H3;1-4H,9H2,(H,10,11);8*1H4/t15-;2*13-;7-;;;;;;;;;;/m1010........../s1. The number of carboxylic acid groups (broad SMARTS) is 1. The molecule has 29 nitrogen and oxygen atoms in total. The summed E-state index contributed by atoms with van der Waals surface area (Å²) in [5.41, 5.74) is 8.30. The highest BCUT2D eigenvalue weighted by molar-refractivity contribution is 14.1. The van der Waals surface area contributed by atoms with E-state index < -0.39 is 64.5 Å². The van der Waals surface area contributed by atoms with Crippen LogP contribution in [0.2, 0.25) is 20.5 Å². The third-order valence-electron chi connectivity index (χ3n) is 17.5. The fraction of sp³-hybridized carbons (Fsp3) is 0.576. The number of carboxylic acids is 1. The zero-order valence-corrected chi connectivity index (χ0v) is 73.4. The summed E-state index contributed by atoms with van der Waals surface area (Å²) >= 11 is 6.56. The maximum absolute atomic E-state index is 12.4. The number of benzene rings is 4. The van der Waals surface area contributed by atoms with Crippen molar-refractivity contribution in [3.05, 3.63) is 131 Å². The third-order valence-corrected chi connectivity index (χ3v) is 19.6. The van der Waals surface area contributed by atoms with Gasteiger partial charge in [0.1, 0.15) is 46.6 Å². The van der Waals surface area contributed by atoms with Crippen molar-refractivity contribution in [2.45, 2.75) is 300 Å². The molecule has 4 atom stereocenters. The van der Waals surface area contributed by atoms with Crippen molar-refractivity contribution in [3.63, 3.8) is 0 Å². The fourth-order valence-electron chi connectivity index (χ4n) is 11.5. The van der Waals surface area contributed by atoms with Crippen LogP contribution in [0.25, 0.3) is 22.9 Å². The van der Waals surface area contributed by atoms with Gasteiger partial charge in [-0.3, -0.25) is 50.3 Å². The number of hydrazine groups is 2. The van der Waals surface area contributed by atoms with E-state index in [1.165, 1.54) is 15.3 Å². The fourth-order valence-corrected chi connectivity index (χ4v) is 12.6. The molecule has 0 aliphatic carbocycles. The average molecular weight is 2000 g/mol. The molecule has 5 saturated heterocycles. The molecule has 4 aromatic carbocycles. The molecule has 0 saturated carbocycles. The molecule has 2 aromatic heterocycles. The summed E-state index contributed by atoms with van der Waals surface area (Å²) in [4.78, 5) is 101. The lowest BCUT2D eigenvalue weighted by Gasteiger charge is -2.32. The van der Waals surface area contributed by atoms with Crippen LogP contribution in [-0.2, 0) is 37.8 Å². The minimum Gasteiger partial charge on any atom is -0.480 e. The number of carbonyl (C=O) groups excluding carboxylic acids is 7. The molecule has 34 heteroatoms. The van der Waals surface area contributed by atoms with Crippen LogP contribution >= 0.6 is 67.8 Å². The Morgan fingerprint density at radius 1 is 0.462 bits per heavy atom. The first kappa shape index (κ1) is 115. The van der Waals surface area contributed by atoms with Gasteiger partial charge in [-0.15, -0.1) is 20.4 Å². The Bertz CT molecular complexity index is 4080. The first-order chi connectivity index (χ1) is 51.6. The van der Waals surface area contributed by atoms with Crippen molar-refractivity contribution in [2.24, 2.45) is 5.84 Å². The van der Waals surface area contributed by atoms with Gasteiger partial charge in [0.15, 0.2) is 6.71 Å². The van der Waals surface area contributed by atoms with Crippen LogP contribution in [0.1, 0.15) is 266 Å². The summed E-state index contributed by atoms with van der Waals surface area (Å²) in [5, 5.41) is 25.5. The van der Waals surface area contributed by atoms with E-state index in [-0.39, 0.29) is 108 Å². The molecule has 5 aliphatic rings. The smallest absolute Gasteiger partial charge is 0.454 e. The first-order valence-corrected chi connectivity index (χ1v) is 40.1. The Hall–Kier alpha value is -7.68. The molecule has 5 fully saturated rings. The topological polar surface area (TPSA) is 365 Å². The molecule has 7 heterocycles. The maximum atomic E-state index is 12.4. The van der Waals surface area contributed by atoms with E-state index in [1.54, 1.807) is 87.7 Å². The van der Waals surface area contributed by atoms with Crippen LogP contribution < -0.4 is 27.6 Å². The Balaban J connectivity index is -0.00000138. The number of likely N-dealkylation sites (tertiary alicyclic amines) is 4. The molecule has 0 bridgehead atoms. The highest BCUT2D eigenvalue weighted by atomic mass is 127. The van der Waals surface area contributed by atoms with E-state index in [0.29, 0.717) is 86.8 Å². The van der Waals surface area contributed by atoms with Crippen molar-refractivity contribution < 1.29 is 80.6 Å². The Morgan fingerprint density at radius 3 is 1.08 bits per heavy atom. The predicted molar refractivity (Wildman–Crippen MR) is 500 cm³/mol. The van der Waals surface area contributed by atoms with Crippen LogP contribution in [-0.4, -0.2) is 179 Å². The number of aliphatic carboxylic acids is 1. The number of carbonyl (C=O) groups is 8. The van der Waals surface area contributed by atoms with Gasteiger partial charge in [-0.05, 0) is 310 Å². The van der Waals surface area contributed by atoms with Crippen molar-refractivity contribution >= 4 is 135 Å². The molecule has 7 amide bonds. The summed E-state index contributed by atoms with van der Waals surface area (Å²) in [5.74, 6) is 4.76. The number of nitrogens with one attached hydrogen (secondary N) is 3. The summed E-state index contributed by atoms with van der Waals surface area (Å²) in [6.07, 6.45) is 4.13. The van der Waals surface area contributed by atoms with Crippen molar-refractivity contribution in [3.8, 4) is 22.9 Å². The van der Waals surface area contributed by atoms with E-state index in [9.17, 15) is 38.4 Å². The molecule has 0 unspecified atom stereocenters. The Labute approximate surface area is 751 Å². The second-order valence-corrected chi connectivity index (χ2v) is 35.8. The third kappa shape index (κ3) is 36.5. The van der Waals surface area contributed by atoms with Gasteiger partial charge < -0.3 is 42.2 Å². The van der Waals surface area contributed by atoms with E-state index in [0.717, 1.165) is 53.9 Å². The second kappa shape index (κ2) is 50.7. The molecular formula is C85H139B2I3N12O17. The summed E-state index contributed by atoms with van der Waals surface area (Å²) in [6.45, 7) is 38.9. The van der Waals surface area contributed by atoms with Gasteiger partial charge >= 0.3 is 37.5 Å². The minimum absolute atomic E-state index is 0. The Morgan fingerprint density at radius 2 is 0.765 bits per heavy atom. The van der Waals surface area contributed by atoms with Gasteiger partial charge in [-0.25, -0.2) is 29.8 Å². The van der Waals surface area contributed by atoms with E-state index in [4.69, 9.17) is 48.0 Å². The number of nitrogens with two attached hydrogens (primary N) is 1.